The minimum absolute atomic E-state index is 0.0542. The van der Waals surface area contributed by atoms with Crippen LogP contribution in [0.15, 0.2) is 18.3 Å². The molecule has 2 heterocycles. The van der Waals surface area contributed by atoms with Crippen LogP contribution in [0.5, 0.6) is 0 Å². The number of pyridine rings is 1. The van der Waals surface area contributed by atoms with Gasteiger partial charge in [-0.25, -0.2) is 4.98 Å². The second kappa shape index (κ2) is 6.29. The van der Waals surface area contributed by atoms with Crippen molar-refractivity contribution in [3.63, 3.8) is 0 Å². The third-order valence-electron chi connectivity index (χ3n) is 4.63. The predicted octanol–water partition coefficient (Wildman–Crippen LogP) is 3.95. The molecule has 2 aromatic rings. The molecular formula is C17H22ClN3O. The van der Waals surface area contributed by atoms with Crippen molar-refractivity contribution in [1.82, 2.24) is 14.3 Å². The Morgan fingerprint density at radius 1 is 1.36 bits per heavy atom. The third kappa shape index (κ3) is 2.72. The van der Waals surface area contributed by atoms with E-state index in [1.807, 2.05) is 35.4 Å². The first kappa shape index (κ1) is 15.3. The van der Waals surface area contributed by atoms with E-state index in [2.05, 4.69) is 4.98 Å². The lowest BCUT2D eigenvalue weighted by molar-refractivity contribution is 0.0688. The van der Waals surface area contributed by atoms with Gasteiger partial charge in [0.15, 0.2) is 0 Å². The van der Waals surface area contributed by atoms with Crippen LogP contribution in [0.3, 0.4) is 0 Å². The number of aromatic nitrogens is 2. The molecule has 0 aromatic carbocycles. The van der Waals surface area contributed by atoms with Crippen LogP contribution in [-0.4, -0.2) is 33.3 Å². The van der Waals surface area contributed by atoms with Crippen molar-refractivity contribution in [3.05, 3.63) is 34.7 Å². The highest BCUT2D eigenvalue weighted by Gasteiger charge is 2.27. The lowest BCUT2D eigenvalue weighted by atomic mass is 9.94. The van der Waals surface area contributed by atoms with E-state index < -0.39 is 0 Å². The summed E-state index contributed by atoms with van der Waals surface area (Å²) in [6.45, 7) is 2.03. The van der Waals surface area contributed by atoms with Gasteiger partial charge in [-0.3, -0.25) is 9.20 Å². The fourth-order valence-electron chi connectivity index (χ4n) is 3.34. The maximum atomic E-state index is 13.0. The smallest absolute Gasteiger partial charge is 0.272 e. The molecule has 0 bridgehead atoms. The summed E-state index contributed by atoms with van der Waals surface area (Å²) in [6, 6.07) is 4.01. The van der Waals surface area contributed by atoms with Gasteiger partial charge in [-0.15, -0.1) is 0 Å². The molecule has 4 nitrogen and oxygen atoms in total. The van der Waals surface area contributed by atoms with E-state index in [9.17, 15) is 4.79 Å². The van der Waals surface area contributed by atoms with Gasteiger partial charge in [0.05, 0.1) is 10.7 Å². The Morgan fingerprint density at radius 3 is 2.77 bits per heavy atom. The fourth-order valence-corrected chi connectivity index (χ4v) is 3.50. The van der Waals surface area contributed by atoms with Gasteiger partial charge in [0.25, 0.3) is 5.91 Å². The molecule has 0 radical (unpaired) electrons. The van der Waals surface area contributed by atoms with Gasteiger partial charge in [0, 0.05) is 19.3 Å². The standard InChI is InChI=1S/C17H22ClN3O/c1-3-14-16(21-11-12(18)9-10-15(21)19-14)17(22)20(2)13-7-5-4-6-8-13/h9-11,13H,3-8H2,1-2H3. The number of fused-ring (bicyclic) bond motifs is 1. The van der Waals surface area contributed by atoms with Crippen LogP contribution >= 0.6 is 11.6 Å². The molecule has 1 fully saturated rings. The van der Waals surface area contributed by atoms with Crippen molar-refractivity contribution < 1.29 is 4.79 Å². The van der Waals surface area contributed by atoms with Gasteiger partial charge in [0.1, 0.15) is 11.3 Å². The molecule has 5 heteroatoms. The van der Waals surface area contributed by atoms with Gasteiger partial charge < -0.3 is 4.90 Å². The SMILES string of the molecule is CCc1nc2ccc(Cl)cn2c1C(=O)N(C)C1CCCCC1. The lowest BCUT2D eigenvalue weighted by Gasteiger charge is -2.31. The van der Waals surface area contributed by atoms with Crippen LogP contribution in [0.25, 0.3) is 5.65 Å². The van der Waals surface area contributed by atoms with E-state index in [0.717, 1.165) is 30.6 Å². The van der Waals surface area contributed by atoms with Crippen LogP contribution in [0, 0.1) is 0 Å². The van der Waals surface area contributed by atoms with Crippen LogP contribution < -0.4 is 0 Å². The maximum Gasteiger partial charge on any atom is 0.272 e. The Morgan fingerprint density at radius 2 is 2.09 bits per heavy atom. The average molecular weight is 320 g/mol. The zero-order chi connectivity index (χ0) is 15.7. The van der Waals surface area contributed by atoms with Crippen LogP contribution in [0.4, 0.5) is 0 Å². The molecule has 1 aliphatic carbocycles. The number of halogens is 1. The van der Waals surface area contributed by atoms with E-state index in [1.54, 1.807) is 6.20 Å². The van der Waals surface area contributed by atoms with Crippen LogP contribution in [0.2, 0.25) is 5.02 Å². The van der Waals surface area contributed by atoms with E-state index in [4.69, 9.17) is 11.6 Å². The molecule has 3 rings (SSSR count). The first-order valence-electron chi connectivity index (χ1n) is 8.05. The van der Waals surface area contributed by atoms with E-state index in [0.29, 0.717) is 16.8 Å². The Hall–Kier alpha value is -1.55. The summed E-state index contributed by atoms with van der Waals surface area (Å²) in [7, 11) is 1.92. The molecule has 1 amide bonds. The molecule has 0 saturated heterocycles. The van der Waals surface area contributed by atoms with Crippen molar-refractivity contribution in [2.24, 2.45) is 0 Å². The molecule has 1 aliphatic rings. The summed E-state index contributed by atoms with van der Waals surface area (Å²) in [4.78, 5) is 19.5. The summed E-state index contributed by atoms with van der Waals surface area (Å²) >= 11 is 6.10. The van der Waals surface area contributed by atoms with E-state index in [-0.39, 0.29) is 5.91 Å². The first-order chi connectivity index (χ1) is 10.6. The number of hydrogen-bond donors (Lipinski definition) is 0. The Labute approximate surface area is 136 Å². The topological polar surface area (TPSA) is 37.6 Å². The van der Waals surface area contributed by atoms with Gasteiger partial charge in [-0.2, -0.15) is 0 Å². The summed E-state index contributed by atoms with van der Waals surface area (Å²) < 4.78 is 1.84. The highest BCUT2D eigenvalue weighted by atomic mass is 35.5. The molecule has 0 N–H and O–H groups in total. The molecule has 0 unspecified atom stereocenters. The number of amides is 1. The Kier molecular flexibility index (Phi) is 4.39. The average Bonchev–Trinajstić information content (AvgIpc) is 2.92. The number of hydrogen-bond acceptors (Lipinski definition) is 2. The first-order valence-corrected chi connectivity index (χ1v) is 8.43. The molecule has 0 aliphatic heterocycles. The van der Waals surface area contributed by atoms with Crippen molar-refractivity contribution in [2.45, 2.75) is 51.5 Å². The molecule has 2 aromatic heterocycles. The number of carbonyl (C=O) groups excluding carboxylic acids is 1. The summed E-state index contributed by atoms with van der Waals surface area (Å²) in [6.07, 6.45) is 8.42. The summed E-state index contributed by atoms with van der Waals surface area (Å²) in [5.74, 6) is 0.0542. The molecule has 0 spiro atoms. The Balaban J connectivity index is 2.00. The minimum Gasteiger partial charge on any atom is -0.337 e. The fraction of sp³-hybridized carbons (Fsp3) is 0.529. The number of carbonyl (C=O) groups is 1. The second-order valence-corrected chi connectivity index (χ2v) is 6.48. The highest BCUT2D eigenvalue weighted by Crippen LogP contribution is 2.25. The normalized spacial score (nSPS) is 16.1. The molecule has 0 atom stereocenters. The van der Waals surface area contributed by atoms with Gasteiger partial charge in [-0.05, 0) is 31.4 Å². The molecule has 118 valence electrons. The predicted molar refractivity (Wildman–Crippen MR) is 88.5 cm³/mol. The van der Waals surface area contributed by atoms with Gasteiger partial charge in [-0.1, -0.05) is 37.8 Å². The second-order valence-electron chi connectivity index (χ2n) is 6.04. The number of imidazole rings is 1. The molecular weight excluding hydrogens is 298 g/mol. The monoisotopic (exact) mass is 319 g/mol. The number of nitrogens with zero attached hydrogens (tertiary/aromatic N) is 3. The highest BCUT2D eigenvalue weighted by molar-refractivity contribution is 6.30. The third-order valence-corrected chi connectivity index (χ3v) is 4.86. The maximum absolute atomic E-state index is 13.0. The molecule has 1 saturated carbocycles. The van der Waals surface area contributed by atoms with E-state index >= 15 is 0 Å². The van der Waals surface area contributed by atoms with Crippen LogP contribution in [0.1, 0.15) is 55.2 Å². The Bertz CT molecular complexity index is 689. The van der Waals surface area contributed by atoms with Crippen molar-refractivity contribution in [2.75, 3.05) is 7.05 Å². The lowest BCUT2D eigenvalue weighted by Crippen LogP contribution is -2.39. The minimum atomic E-state index is 0.0542. The number of aryl methyl sites for hydroxylation is 1. The molecule has 22 heavy (non-hydrogen) atoms. The van der Waals surface area contributed by atoms with E-state index in [1.165, 1.54) is 19.3 Å². The van der Waals surface area contributed by atoms with Crippen LogP contribution in [-0.2, 0) is 6.42 Å². The largest absolute Gasteiger partial charge is 0.337 e. The quantitative estimate of drug-likeness (QED) is 0.859. The van der Waals surface area contributed by atoms with Gasteiger partial charge in [0.2, 0.25) is 0 Å². The zero-order valence-corrected chi connectivity index (χ0v) is 13.9. The zero-order valence-electron chi connectivity index (χ0n) is 13.2. The summed E-state index contributed by atoms with van der Waals surface area (Å²) in [5.41, 5.74) is 2.28. The van der Waals surface area contributed by atoms with Crippen molar-refractivity contribution >= 4 is 23.2 Å². The van der Waals surface area contributed by atoms with Crippen molar-refractivity contribution in [3.8, 4) is 0 Å². The summed E-state index contributed by atoms with van der Waals surface area (Å²) in [5, 5.41) is 0.613. The number of rotatable bonds is 3. The van der Waals surface area contributed by atoms with Crippen molar-refractivity contribution in [1.29, 1.82) is 0 Å². The van der Waals surface area contributed by atoms with Gasteiger partial charge >= 0.3 is 0 Å².